The zero-order chi connectivity index (χ0) is 12.1. The van der Waals surface area contributed by atoms with Gasteiger partial charge in [-0.05, 0) is 26.2 Å². The van der Waals surface area contributed by atoms with E-state index in [0.717, 1.165) is 0 Å². The van der Waals surface area contributed by atoms with Crippen LogP contribution in [0.3, 0.4) is 0 Å². The van der Waals surface area contributed by atoms with E-state index in [4.69, 9.17) is 9.47 Å². The minimum atomic E-state index is -0.195. The summed E-state index contributed by atoms with van der Waals surface area (Å²) < 4.78 is 10.5. The predicted molar refractivity (Wildman–Crippen MR) is 60.7 cm³/mol. The first kappa shape index (κ1) is 14.4. The van der Waals surface area contributed by atoms with Crippen LogP contribution in [0.15, 0.2) is 0 Å². The van der Waals surface area contributed by atoms with Crippen molar-refractivity contribution in [3.63, 3.8) is 0 Å². The fourth-order valence-electron chi connectivity index (χ4n) is 1.22. The zero-order valence-electron chi connectivity index (χ0n) is 10.8. The van der Waals surface area contributed by atoms with Gasteiger partial charge in [-0.2, -0.15) is 0 Å². The summed E-state index contributed by atoms with van der Waals surface area (Å²) in [5, 5.41) is 0. The van der Waals surface area contributed by atoms with Crippen LogP contribution >= 0.6 is 0 Å². The van der Waals surface area contributed by atoms with Gasteiger partial charge in [-0.1, -0.05) is 20.8 Å². The maximum atomic E-state index is 11.8. The Kier molecular flexibility index (Phi) is 5.88. The second-order valence-corrected chi connectivity index (χ2v) is 5.06. The fourth-order valence-corrected chi connectivity index (χ4v) is 1.22. The molecule has 0 aromatic rings. The van der Waals surface area contributed by atoms with Crippen LogP contribution in [0, 0.1) is 11.3 Å². The van der Waals surface area contributed by atoms with Crippen LogP contribution in [0.5, 0.6) is 0 Å². The molecule has 0 aliphatic heterocycles. The molecule has 0 rings (SSSR count). The van der Waals surface area contributed by atoms with Crippen molar-refractivity contribution in [2.24, 2.45) is 11.3 Å². The van der Waals surface area contributed by atoms with Gasteiger partial charge in [0.25, 0.3) is 0 Å². The van der Waals surface area contributed by atoms with Gasteiger partial charge >= 0.3 is 5.97 Å². The van der Waals surface area contributed by atoms with Crippen LogP contribution in [0.2, 0.25) is 0 Å². The molecule has 0 N–H and O–H groups in total. The van der Waals surface area contributed by atoms with Crippen LogP contribution in [0.4, 0.5) is 0 Å². The van der Waals surface area contributed by atoms with Crippen molar-refractivity contribution in [2.75, 3.05) is 13.2 Å². The molecule has 3 nitrogen and oxygen atoms in total. The van der Waals surface area contributed by atoms with Crippen LogP contribution in [-0.4, -0.2) is 25.3 Å². The van der Waals surface area contributed by atoms with E-state index in [0.29, 0.717) is 13.2 Å². The highest BCUT2D eigenvalue weighted by Crippen LogP contribution is 2.27. The Balaban J connectivity index is 4.42. The third kappa shape index (κ3) is 5.78. The minimum Gasteiger partial charge on any atom is -0.463 e. The van der Waals surface area contributed by atoms with Crippen molar-refractivity contribution >= 4 is 5.97 Å². The quantitative estimate of drug-likeness (QED) is 0.663. The molecule has 0 amide bonds. The van der Waals surface area contributed by atoms with Crippen LogP contribution < -0.4 is 0 Å². The van der Waals surface area contributed by atoms with Crippen LogP contribution in [-0.2, 0) is 14.3 Å². The molecular weight excluding hydrogens is 192 g/mol. The standard InChI is InChI=1S/C12H24O3/c1-7-14-8-10(12(4,5)6)11(13)15-9(2)3/h9-10H,7-8H2,1-6H3. The molecule has 0 radical (unpaired) electrons. The lowest BCUT2D eigenvalue weighted by Crippen LogP contribution is -2.35. The topological polar surface area (TPSA) is 35.5 Å². The summed E-state index contributed by atoms with van der Waals surface area (Å²) in [6.45, 7) is 12.8. The number of ether oxygens (including phenoxy) is 2. The second-order valence-electron chi connectivity index (χ2n) is 5.06. The van der Waals surface area contributed by atoms with Crippen molar-refractivity contribution in [2.45, 2.75) is 47.6 Å². The summed E-state index contributed by atoms with van der Waals surface area (Å²) in [4.78, 5) is 11.8. The van der Waals surface area contributed by atoms with Gasteiger partial charge in [0, 0.05) is 6.61 Å². The van der Waals surface area contributed by atoms with E-state index < -0.39 is 0 Å². The molecule has 3 heteroatoms. The summed E-state index contributed by atoms with van der Waals surface area (Å²) >= 11 is 0. The summed E-state index contributed by atoms with van der Waals surface area (Å²) in [7, 11) is 0. The van der Waals surface area contributed by atoms with Crippen molar-refractivity contribution in [3.8, 4) is 0 Å². The number of carbonyl (C=O) groups excluding carboxylic acids is 1. The Hall–Kier alpha value is -0.570. The van der Waals surface area contributed by atoms with Gasteiger partial charge in [0.15, 0.2) is 0 Å². The Labute approximate surface area is 93.1 Å². The number of rotatable bonds is 5. The first-order valence-electron chi connectivity index (χ1n) is 5.57. The van der Waals surface area contributed by atoms with Gasteiger partial charge in [-0.15, -0.1) is 0 Å². The highest BCUT2D eigenvalue weighted by Gasteiger charge is 2.33. The first-order valence-corrected chi connectivity index (χ1v) is 5.57. The molecule has 0 aliphatic rings. The lowest BCUT2D eigenvalue weighted by atomic mass is 9.81. The van der Waals surface area contributed by atoms with E-state index in [1.54, 1.807) is 0 Å². The Morgan fingerprint density at radius 3 is 2.13 bits per heavy atom. The SMILES string of the molecule is CCOCC(C(=O)OC(C)C)C(C)(C)C. The van der Waals surface area contributed by atoms with E-state index >= 15 is 0 Å². The van der Waals surface area contributed by atoms with Crippen molar-refractivity contribution in [3.05, 3.63) is 0 Å². The number of carbonyl (C=O) groups is 1. The molecule has 0 saturated carbocycles. The Morgan fingerprint density at radius 2 is 1.80 bits per heavy atom. The molecule has 0 aliphatic carbocycles. The second kappa shape index (κ2) is 6.11. The predicted octanol–water partition coefficient (Wildman–Crippen LogP) is 2.64. The van der Waals surface area contributed by atoms with Crippen molar-refractivity contribution in [1.82, 2.24) is 0 Å². The van der Waals surface area contributed by atoms with Gasteiger partial charge in [-0.25, -0.2) is 0 Å². The third-order valence-corrected chi connectivity index (χ3v) is 2.17. The maximum Gasteiger partial charge on any atom is 0.312 e. The molecule has 15 heavy (non-hydrogen) atoms. The van der Waals surface area contributed by atoms with Gasteiger partial charge in [-0.3, -0.25) is 4.79 Å². The average molecular weight is 216 g/mol. The number of esters is 1. The zero-order valence-corrected chi connectivity index (χ0v) is 10.8. The fraction of sp³-hybridized carbons (Fsp3) is 0.917. The van der Waals surface area contributed by atoms with Crippen molar-refractivity contribution < 1.29 is 14.3 Å². The van der Waals surface area contributed by atoms with Gasteiger partial charge in [0.2, 0.25) is 0 Å². The van der Waals surface area contributed by atoms with Crippen LogP contribution in [0.1, 0.15) is 41.5 Å². The summed E-state index contributed by atoms with van der Waals surface area (Å²) in [6, 6.07) is 0. The third-order valence-electron chi connectivity index (χ3n) is 2.17. The summed E-state index contributed by atoms with van der Waals surface area (Å²) in [5.74, 6) is -0.356. The van der Waals surface area contributed by atoms with Crippen LogP contribution in [0.25, 0.3) is 0 Å². The molecule has 0 saturated heterocycles. The lowest BCUT2D eigenvalue weighted by Gasteiger charge is -2.29. The molecule has 1 atom stereocenters. The van der Waals surface area contributed by atoms with E-state index in [1.165, 1.54) is 0 Å². The molecule has 0 bridgehead atoms. The molecule has 0 fully saturated rings. The first-order chi connectivity index (χ1) is 6.79. The normalized spacial score (nSPS) is 14.1. The highest BCUT2D eigenvalue weighted by atomic mass is 16.5. The summed E-state index contributed by atoms with van der Waals surface area (Å²) in [6.07, 6.45) is -0.0658. The lowest BCUT2D eigenvalue weighted by molar-refractivity contribution is -0.159. The van der Waals surface area contributed by atoms with E-state index in [-0.39, 0.29) is 23.4 Å². The number of hydrogen-bond acceptors (Lipinski definition) is 3. The minimum absolute atomic E-state index is 0.0658. The largest absolute Gasteiger partial charge is 0.463 e. The molecule has 1 unspecified atom stereocenters. The van der Waals surface area contributed by atoms with E-state index in [2.05, 4.69) is 0 Å². The monoisotopic (exact) mass is 216 g/mol. The Morgan fingerprint density at radius 1 is 1.27 bits per heavy atom. The van der Waals surface area contributed by atoms with Gasteiger partial charge < -0.3 is 9.47 Å². The average Bonchev–Trinajstić information content (AvgIpc) is 2.00. The van der Waals surface area contributed by atoms with Crippen molar-refractivity contribution in [1.29, 1.82) is 0 Å². The molecule has 90 valence electrons. The smallest absolute Gasteiger partial charge is 0.312 e. The van der Waals surface area contributed by atoms with E-state index in [9.17, 15) is 4.79 Å². The molecule has 0 aromatic carbocycles. The molecule has 0 heterocycles. The van der Waals surface area contributed by atoms with E-state index in [1.807, 2.05) is 41.5 Å². The summed E-state index contributed by atoms with van der Waals surface area (Å²) in [5.41, 5.74) is -0.124. The molecular formula is C12H24O3. The van der Waals surface area contributed by atoms with Gasteiger partial charge in [0.1, 0.15) is 0 Å². The Bertz CT molecular complexity index is 192. The number of hydrogen-bond donors (Lipinski definition) is 0. The maximum absolute atomic E-state index is 11.8. The highest BCUT2D eigenvalue weighted by molar-refractivity contribution is 5.73. The molecule has 0 spiro atoms. The molecule has 0 aromatic heterocycles. The van der Waals surface area contributed by atoms with Gasteiger partial charge in [0.05, 0.1) is 18.6 Å².